The van der Waals surface area contributed by atoms with Gasteiger partial charge in [0.1, 0.15) is 16.6 Å². The smallest absolute Gasteiger partial charge is 0.339 e. The lowest BCUT2D eigenvalue weighted by molar-refractivity contribution is 0.0587. The van der Waals surface area contributed by atoms with Gasteiger partial charge in [-0.2, -0.15) is 5.26 Å². The predicted molar refractivity (Wildman–Crippen MR) is 119 cm³/mol. The molecule has 0 aliphatic carbocycles. The number of hydrogen-bond donors (Lipinski definition) is 1. The molecule has 31 heavy (non-hydrogen) atoms. The van der Waals surface area contributed by atoms with Crippen molar-refractivity contribution in [1.29, 1.82) is 5.26 Å². The van der Waals surface area contributed by atoms with Crippen LogP contribution >= 0.6 is 11.3 Å². The lowest BCUT2D eigenvalue weighted by atomic mass is 10.1. The summed E-state index contributed by atoms with van der Waals surface area (Å²) in [6.07, 6.45) is 1.45. The van der Waals surface area contributed by atoms with Gasteiger partial charge in [-0.05, 0) is 25.1 Å². The molecule has 156 valence electrons. The van der Waals surface area contributed by atoms with Crippen LogP contribution in [0.4, 0.5) is 5.69 Å². The summed E-state index contributed by atoms with van der Waals surface area (Å²) < 4.78 is 9.52. The zero-order chi connectivity index (χ0) is 22.4. The predicted octanol–water partition coefficient (Wildman–Crippen LogP) is 4.67. The number of anilines is 1. The molecule has 7 nitrogen and oxygen atoms in total. The number of allylic oxidation sites excluding steroid dienone is 1. The van der Waals surface area contributed by atoms with Gasteiger partial charge in [-0.1, -0.05) is 29.8 Å². The van der Waals surface area contributed by atoms with Gasteiger partial charge in [-0.25, -0.2) is 14.6 Å². The van der Waals surface area contributed by atoms with Crippen LogP contribution in [0.5, 0.6) is 0 Å². The molecule has 0 saturated carbocycles. The average molecular weight is 433 g/mol. The number of esters is 2. The Labute approximate surface area is 183 Å². The van der Waals surface area contributed by atoms with Crippen LogP contribution in [0.3, 0.4) is 0 Å². The zero-order valence-electron chi connectivity index (χ0n) is 17.1. The minimum Gasteiger partial charge on any atom is -0.465 e. The lowest BCUT2D eigenvalue weighted by Crippen LogP contribution is -2.08. The molecular formula is C23H19N3O4S. The van der Waals surface area contributed by atoms with Gasteiger partial charge >= 0.3 is 11.9 Å². The average Bonchev–Trinajstić information content (AvgIpc) is 3.28. The van der Waals surface area contributed by atoms with Crippen molar-refractivity contribution in [2.24, 2.45) is 0 Å². The van der Waals surface area contributed by atoms with E-state index in [9.17, 15) is 14.9 Å². The van der Waals surface area contributed by atoms with Gasteiger partial charge in [-0.3, -0.25) is 0 Å². The summed E-state index contributed by atoms with van der Waals surface area (Å²) in [6, 6.07) is 14.4. The molecule has 0 spiro atoms. The molecule has 0 radical (unpaired) electrons. The van der Waals surface area contributed by atoms with E-state index in [1.165, 1.54) is 50.0 Å². The fraction of sp³-hybridized carbons (Fsp3) is 0.130. The molecule has 1 aromatic heterocycles. The van der Waals surface area contributed by atoms with Gasteiger partial charge in [0.15, 0.2) is 0 Å². The third-order valence-electron chi connectivity index (χ3n) is 4.42. The summed E-state index contributed by atoms with van der Waals surface area (Å²) in [5, 5.41) is 14.9. The van der Waals surface area contributed by atoms with Crippen molar-refractivity contribution in [3.05, 3.63) is 75.7 Å². The highest BCUT2D eigenvalue weighted by atomic mass is 32.1. The quantitative estimate of drug-likeness (QED) is 0.445. The van der Waals surface area contributed by atoms with Crippen molar-refractivity contribution in [2.75, 3.05) is 19.5 Å². The Morgan fingerprint density at radius 1 is 1.10 bits per heavy atom. The highest BCUT2D eigenvalue weighted by molar-refractivity contribution is 7.11. The first kappa shape index (κ1) is 21.7. The van der Waals surface area contributed by atoms with Gasteiger partial charge in [0, 0.05) is 17.1 Å². The first-order valence-electron chi connectivity index (χ1n) is 9.17. The van der Waals surface area contributed by atoms with Crippen LogP contribution in [0.1, 0.15) is 31.3 Å². The molecule has 3 rings (SSSR count). The number of carbonyl (C=O) groups is 2. The van der Waals surface area contributed by atoms with E-state index in [4.69, 9.17) is 9.47 Å². The molecule has 1 heterocycles. The molecule has 0 aliphatic rings. The van der Waals surface area contributed by atoms with E-state index in [1.54, 1.807) is 0 Å². The van der Waals surface area contributed by atoms with E-state index >= 15 is 0 Å². The number of nitrogens with zero attached hydrogens (tertiary/aromatic N) is 2. The molecular weight excluding hydrogens is 414 g/mol. The standard InChI is InChI=1S/C23H19N3O4S/c1-14-4-6-15(7-5-14)20-13-31-21(26-20)17(11-24)12-25-19-10-16(22(27)29-2)8-9-18(19)23(28)30-3/h4-10,12-13,25H,1-3H3. The topological polar surface area (TPSA) is 101 Å². The summed E-state index contributed by atoms with van der Waals surface area (Å²) in [6.45, 7) is 2.01. The van der Waals surface area contributed by atoms with Crippen LogP contribution in [0.15, 0.2) is 54.0 Å². The van der Waals surface area contributed by atoms with Crippen LogP contribution in [0.25, 0.3) is 16.8 Å². The van der Waals surface area contributed by atoms with Gasteiger partial charge < -0.3 is 14.8 Å². The maximum absolute atomic E-state index is 12.1. The van der Waals surface area contributed by atoms with Crippen LogP contribution in [-0.4, -0.2) is 31.1 Å². The van der Waals surface area contributed by atoms with E-state index in [0.29, 0.717) is 10.7 Å². The summed E-state index contributed by atoms with van der Waals surface area (Å²) >= 11 is 1.34. The van der Waals surface area contributed by atoms with E-state index in [0.717, 1.165) is 16.8 Å². The van der Waals surface area contributed by atoms with Crippen molar-refractivity contribution >= 4 is 34.5 Å². The zero-order valence-corrected chi connectivity index (χ0v) is 17.9. The molecule has 0 atom stereocenters. The maximum atomic E-state index is 12.1. The number of carbonyl (C=O) groups excluding carboxylic acids is 2. The Hall–Kier alpha value is -3.96. The minimum atomic E-state index is -0.582. The molecule has 0 saturated heterocycles. The SMILES string of the molecule is COC(=O)c1ccc(C(=O)OC)c(NC=C(C#N)c2nc(-c3ccc(C)cc3)cs2)c1. The molecule has 0 unspecified atom stereocenters. The van der Waals surface area contributed by atoms with Crippen LogP contribution in [-0.2, 0) is 9.47 Å². The van der Waals surface area contributed by atoms with Crippen molar-refractivity contribution < 1.29 is 19.1 Å². The molecule has 8 heteroatoms. The molecule has 0 aliphatic heterocycles. The van der Waals surface area contributed by atoms with Crippen LogP contribution in [0.2, 0.25) is 0 Å². The molecule has 2 aromatic carbocycles. The Kier molecular flexibility index (Phi) is 6.80. The summed E-state index contributed by atoms with van der Waals surface area (Å²) in [5.41, 5.74) is 3.92. The van der Waals surface area contributed by atoms with Gasteiger partial charge in [-0.15, -0.1) is 11.3 Å². The van der Waals surface area contributed by atoms with Crippen molar-refractivity contribution in [3.8, 4) is 17.3 Å². The second kappa shape index (κ2) is 9.69. The first-order chi connectivity index (χ1) is 15.0. The summed E-state index contributed by atoms with van der Waals surface area (Å²) in [7, 11) is 2.53. The molecule has 0 amide bonds. The van der Waals surface area contributed by atoms with Gasteiger partial charge in [0.25, 0.3) is 0 Å². The Balaban J connectivity index is 1.92. The van der Waals surface area contributed by atoms with E-state index in [1.807, 2.05) is 36.6 Å². The number of nitriles is 1. The van der Waals surface area contributed by atoms with Crippen LogP contribution in [0, 0.1) is 18.3 Å². The highest BCUT2D eigenvalue weighted by Gasteiger charge is 2.16. The van der Waals surface area contributed by atoms with E-state index in [-0.39, 0.29) is 16.7 Å². The Morgan fingerprint density at radius 3 is 2.45 bits per heavy atom. The minimum absolute atomic E-state index is 0.211. The summed E-state index contributed by atoms with van der Waals surface area (Å²) in [4.78, 5) is 28.5. The number of thiazole rings is 1. The molecule has 0 fully saturated rings. The summed E-state index contributed by atoms with van der Waals surface area (Å²) in [5.74, 6) is -1.13. The fourth-order valence-corrected chi connectivity index (χ4v) is 3.54. The van der Waals surface area contributed by atoms with E-state index in [2.05, 4.69) is 16.4 Å². The lowest BCUT2D eigenvalue weighted by Gasteiger charge is -2.10. The number of nitrogens with one attached hydrogen (secondary N) is 1. The third kappa shape index (κ3) is 4.97. The second-order valence-corrected chi connectivity index (χ2v) is 7.32. The maximum Gasteiger partial charge on any atom is 0.339 e. The third-order valence-corrected chi connectivity index (χ3v) is 5.30. The largest absolute Gasteiger partial charge is 0.465 e. The number of methoxy groups -OCH3 is 2. The monoisotopic (exact) mass is 433 g/mol. The highest BCUT2D eigenvalue weighted by Crippen LogP contribution is 2.27. The Bertz CT molecular complexity index is 1190. The Morgan fingerprint density at radius 2 is 1.81 bits per heavy atom. The van der Waals surface area contributed by atoms with Crippen molar-refractivity contribution in [3.63, 3.8) is 0 Å². The molecule has 1 N–H and O–H groups in total. The number of rotatable bonds is 6. The number of benzene rings is 2. The fourth-order valence-electron chi connectivity index (χ4n) is 2.74. The normalized spacial score (nSPS) is 10.8. The number of hydrogen-bond acceptors (Lipinski definition) is 8. The van der Waals surface area contributed by atoms with E-state index < -0.39 is 11.9 Å². The molecule has 0 bridgehead atoms. The van der Waals surface area contributed by atoms with Gasteiger partial charge in [0.2, 0.25) is 0 Å². The van der Waals surface area contributed by atoms with Gasteiger partial charge in [0.05, 0.1) is 36.7 Å². The van der Waals surface area contributed by atoms with Crippen LogP contribution < -0.4 is 5.32 Å². The molecule has 3 aromatic rings. The second-order valence-electron chi connectivity index (χ2n) is 6.46. The number of aryl methyl sites for hydroxylation is 1. The first-order valence-corrected chi connectivity index (χ1v) is 10.0. The number of ether oxygens (including phenoxy) is 2. The van der Waals surface area contributed by atoms with Crippen molar-refractivity contribution in [1.82, 2.24) is 4.98 Å². The van der Waals surface area contributed by atoms with Crippen molar-refractivity contribution in [2.45, 2.75) is 6.92 Å². The number of aromatic nitrogens is 1.